The fourth-order valence-electron chi connectivity index (χ4n) is 0.848. The van der Waals surface area contributed by atoms with Crippen LogP contribution in [0.15, 0.2) is 27.1 Å². The highest BCUT2D eigenvalue weighted by Gasteiger charge is 2.09. The largest absolute Gasteiger partial charge is 0.467 e. The Morgan fingerprint density at radius 2 is 2.11 bits per heavy atom. The summed E-state index contributed by atoms with van der Waals surface area (Å²) in [4.78, 5) is 20.2. The number of methoxy groups -OCH3 is 1. The van der Waals surface area contributed by atoms with Crippen LogP contribution in [-0.2, 0) is 14.3 Å². The first kappa shape index (κ1) is 16.9. The highest BCUT2D eigenvalue weighted by molar-refractivity contribution is 9.11. The fourth-order valence-corrected chi connectivity index (χ4v) is 1.90. The van der Waals surface area contributed by atoms with E-state index in [4.69, 9.17) is 5.73 Å². The molecule has 0 bridgehead atoms. The number of rotatable bonds is 3. The molecule has 0 spiro atoms. The van der Waals surface area contributed by atoms with E-state index in [0.717, 1.165) is 14.6 Å². The number of benzene rings is 1. The van der Waals surface area contributed by atoms with E-state index >= 15 is 0 Å². The second-order valence-corrected chi connectivity index (χ2v) is 4.97. The number of nitrogens with one attached hydrogen (secondary N) is 1. The molecule has 1 aromatic carbocycles. The summed E-state index contributed by atoms with van der Waals surface area (Å²) in [6.45, 7) is 1.54. The lowest BCUT2D eigenvalue weighted by Gasteiger charge is -2.05. The number of ether oxygens (including phenoxy) is 1. The molecule has 0 saturated carbocycles. The first-order valence-corrected chi connectivity index (χ1v) is 6.49. The summed E-state index contributed by atoms with van der Waals surface area (Å²) >= 11 is 6.60. The molecular formula is C11H14Br2N2O3. The summed E-state index contributed by atoms with van der Waals surface area (Å²) < 4.78 is 6.26. The SMILES string of the molecule is COC(=O)C(C)NC=O.Nc1ccc(Br)cc1Br. The Balaban J connectivity index is 0.000000321. The zero-order valence-corrected chi connectivity index (χ0v) is 13.1. The summed E-state index contributed by atoms with van der Waals surface area (Å²) in [7, 11) is 1.27. The minimum absolute atomic E-state index is 0.442. The summed E-state index contributed by atoms with van der Waals surface area (Å²) in [6, 6.07) is 5.11. The number of anilines is 1. The average molecular weight is 382 g/mol. The molecule has 1 amide bonds. The van der Waals surface area contributed by atoms with Crippen LogP contribution in [0.1, 0.15) is 6.92 Å². The average Bonchev–Trinajstić information content (AvgIpc) is 2.34. The Morgan fingerprint density at radius 1 is 1.50 bits per heavy atom. The van der Waals surface area contributed by atoms with E-state index in [1.807, 2.05) is 18.2 Å². The molecule has 7 heteroatoms. The van der Waals surface area contributed by atoms with Crippen molar-refractivity contribution in [3.8, 4) is 0 Å². The maximum atomic E-state index is 10.5. The highest BCUT2D eigenvalue weighted by Crippen LogP contribution is 2.22. The Labute approximate surface area is 122 Å². The van der Waals surface area contributed by atoms with Gasteiger partial charge in [-0.1, -0.05) is 15.9 Å². The molecule has 0 fully saturated rings. The molecule has 1 rings (SSSR count). The van der Waals surface area contributed by atoms with Crippen molar-refractivity contribution in [1.82, 2.24) is 5.32 Å². The first-order valence-electron chi connectivity index (χ1n) is 4.90. The summed E-state index contributed by atoms with van der Waals surface area (Å²) in [5.74, 6) is -0.442. The van der Waals surface area contributed by atoms with Gasteiger partial charge in [-0.25, -0.2) is 4.79 Å². The molecule has 0 aliphatic carbocycles. The number of esters is 1. The van der Waals surface area contributed by atoms with Crippen LogP contribution < -0.4 is 11.1 Å². The summed E-state index contributed by atoms with van der Waals surface area (Å²) in [5.41, 5.74) is 6.28. The van der Waals surface area contributed by atoms with Gasteiger partial charge in [-0.05, 0) is 41.1 Å². The van der Waals surface area contributed by atoms with Crippen LogP contribution in [0.2, 0.25) is 0 Å². The van der Waals surface area contributed by atoms with E-state index < -0.39 is 12.0 Å². The third-order valence-corrected chi connectivity index (χ3v) is 3.02. The van der Waals surface area contributed by atoms with E-state index in [2.05, 4.69) is 41.9 Å². The number of carbonyl (C=O) groups is 2. The van der Waals surface area contributed by atoms with Gasteiger partial charge in [0.15, 0.2) is 0 Å². The quantitative estimate of drug-likeness (QED) is 0.477. The van der Waals surface area contributed by atoms with Crippen LogP contribution in [0, 0.1) is 0 Å². The second-order valence-electron chi connectivity index (χ2n) is 3.20. The molecule has 0 aliphatic rings. The van der Waals surface area contributed by atoms with Gasteiger partial charge in [-0.3, -0.25) is 4.79 Å². The molecule has 1 atom stereocenters. The smallest absolute Gasteiger partial charge is 0.328 e. The predicted molar refractivity (Wildman–Crippen MR) is 76.9 cm³/mol. The van der Waals surface area contributed by atoms with Crippen LogP contribution in [-0.4, -0.2) is 25.5 Å². The summed E-state index contributed by atoms with van der Waals surface area (Å²) in [5, 5.41) is 2.24. The molecule has 3 N–H and O–H groups in total. The first-order chi connectivity index (χ1) is 8.42. The van der Waals surface area contributed by atoms with Gasteiger partial charge in [0.05, 0.1) is 7.11 Å². The van der Waals surface area contributed by atoms with Crippen LogP contribution in [0.4, 0.5) is 5.69 Å². The van der Waals surface area contributed by atoms with Crippen LogP contribution >= 0.6 is 31.9 Å². The van der Waals surface area contributed by atoms with E-state index in [0.29, 0.717) is 6.41 Å². The lowest BCUT2D eigenvalue weighted by atomic mass is 10.3. The number of amides is 1. The monoisotopic (exact) mass is 380 g/mol. The lowest BCUT2D eigenvalue weighted by molar-refractivity contribution is -0.143. The molecule has 1 unspecified atom stereocenters. The van der Waals surface area contributed by atoms with E-state index in [9.17, 15) is 9.59 Å². The minimum Gasteiger partial charge on any atom is -0.467 e. The maximum absolute atomic E-state index is 10.5. The van der Waals surface area contributed by atoms with Gasteiger partial charge in [-0.2, -0.15) is 0 Å². The lowest BCUT2D eigenvalue weighted by Crippen LogP contribution is -2.33. The van der Waals surface area contributed by atoms with Crippen molar-refractivity contribution in [3.05, 3.63) is 27.1 Å². The van der Waals surface area contributed by atoms with Crippen LogP contribution in [0.25, 0.3) is 0 Å². The van der Waals surface area contributed by atoms with Crippen molar-refractivity contribution in [2.75, 3.05) is 12.8 Å². The number of halogens is 2. The van der Waals surface area contributed by atoms with Crippen molar-refractivity contribution in [3.63, 3.8) is 0 Å². The molecule has 100 valence electrons. The van der Waals surface area contributed by atoms with Crippen LogP contribution in [0.5, 0.6) is 0 Å². The number of nitrogen functional groups attached to an aromatic ring is 1. The second kappa shape index (κ2) is 8.93. The third-order valence-electron chi connectivity index (χ3n) is 1.84. The predicted octanol–water partition coefficient (Wildman–Crippen LogP) is 2.09. The molecular weight excluding hydrogens is 368 g/mol. The van der Waals surface area contributed by atoms with Gasteiger partial charge < -0.3 is 15.8 Å². The Hall–Kier alpha value is -1.08. The van der Waals surface area contributed by atoms with Crippen molar-refractivity contribution in [1.29, 1.82) is 0 Å². The van der Waals surface area contributed by atoms with Gasteiger partial charge in [0, 0.05) is 14.6 Å². The van der Waals surface area contributed by atoms with E-state index in [-0.39, 0.29) is 0 Å². The van der Waals surface area contributed by atoms with Gasteiger partial charge in [0.25, 0.3) is 0 Å². The van der Waals surface area contributed by atoms with E-state index in [1.54, 1.807) is 6.92 Å². The molecule has 0 radical (unpaired) electrons. The third kappa shape index (κ3) is 6.61. The number of hydrogen-bond donors (Lipinski definition) is 2. The molecule has 5 nitrogen and oxygen atoms in total. The molecule has 1 aromatic rings. The Bertz CT molecular complexity index is 413. The fraction of sp³-hybridized carbons (Fsp3) is 0.273. The minimum atomic E-state index is -0.549. The molecule has 0 aliphatic heterocycles. The highest BCUT2D eigenvalue weighted by atomic mass is 79.9. The normalized spacial score (nSPS) is 10.7. The Kier molecular flexibility index (Phi) is 8.40. The maximum Gasteiger partial charge on any atom is 0.328 e. The van der Waals surface area contributed by atoms with Crippen LogP contribution in [0.3, 0.4) is 0 Å². The number of nitrogens with two attached hydrogens (primary N) is 1. The standard InChI is InChI=1S/C6H5Br2N.C5H9NO3/c7-4-1-2-6(9)5(8)3-4;1-4(6-3-7)5(8)9-2/h1-3H,9H2;3-4H,1-2H3,(H,6,7). The van der Waals surface area contributed by atoms with Gasteiger partial charge in [0.1, 0.15) is 6.04 Å². The number of carbonyl (C=O) groups excluding carboxylic acids is 2. The molecule has 0 aromatic heterocycles. The van der Waals surface area contributed by atoms with Crippen molar-refractivity contribution in [2.24, 2.45) is 0 Å². The van der Waals surface area contributed by atoms with Gasteiger partial charge >= 0.3 is 5.97 Å². The van der Waals surface area contributed by atoms with Crippen molar-refractivity contribution < 1.29 is 14.3 Å². The molecule has 0 saturated heterocycles. The van der Waals surface area contributed by atoms with Gasteiger partial charge in [-0.15, -0.1) is 0 Å². The summed E-state index contributed by atoms with van der Waals surface area (Å²) in [6.07, 6.45) is 0.460. The molecule has 18 heavy (non-hydrogen) atoms. The van der Waals surface area contributed by atoms with Crippen molar-refractivity contribution in [2.45, 2.75) is 13.0 Å². The van der Waals surface area contributed by atoms with E-state index in [1.165, 1.54) is 7.11 Å². The van der Waals surface area contributed by atoms with Gasteiger partial charge in [0.2, 0.25) is 6.41 Å². The zero-order chi connectivity index (χ0) is 14.1. The molecule has 0 heterocycles. The topological polar surface area (TPSA) is 81.4 Å². The van der Waals surface area contributed by atoms with Crippen molar-refractivity contribution >= 4 is 49.9 Å². The Morgan fingerprint density at radius 3 is 2.50 bits per heavy atom. The number of hydrogen-bond acceptors (Lipinski definition) is 4. The zero-order valence-electron chi connectivity index (χ0n) is 9.94.